The molecule has 6 nitrogen and oxygen atoms in total. The predicted molar refractivity (Wildman–Crippen MR) is 109 cm³/mol. The molecule has 0 atom stereocenters. The van der Waals surface area contributed by atoms with Crippen molar-refractivity contribution in [2.24, 2.45) is 10.7 Å². The number of nitrogens with zero attached hydrogens (tertiary/aromatic N) is 2. The molecule has 0 amide bonds. The highest BCUT2D eigenvalue weighted by atomic mass is 32.2. The summed E-state index contributed by atoms with van der Waals surface area (Å²) in [6.07, 6.45) is 4.53. The Labute approximate surface area is 161 Å². The molecule has 0 fully saturated rings. The first-order valence-electron chi connectivity index (χ1n) is 9.07. The van der Waals surface area contributed by atoms with Crippen LogP contribution in [0.3, 0.4) is 0 Å². The Balaban J connectivity index is 1.80. The first-order valence-corrected chi connectivity index (χ1v) is 10.5. The third-order valence-corrected chi connectivity index (χ3v) is 6.73. The number of nitrogens with two attached hydrogens (primary N) is 1. The van der Waals surface area contributed by atoms with Crippen molar-refractivity contribution in [3.8, 4) is 0 Å². The van der Waals surface area contributed by atoms with Gasteiger partial charge in [-0.05, 0) is 54.5 Å². The van der Waals surface area contributed by atoms with E-state index in [2.05, 4.69) is 16.4 Å². The van der Waals surface area contributed by atoms with E-state index < -0.39 is 10.0 Å². The van der Waals surface area contributed by atoms with Gasteiger partial charge < -0.3 is 11.1 Å². The molecule has 2 aromatic carbocycles. The summed E-state index contributed by atoms with van der Waals surface area (Å²) < 4.78 is 26.2. The fourth-order valence-corrected chi connectivity index (χ4v) is 4.44. The Morgan fingerprint density at radius 1 is 1.11 bits per heavy atom. The second-order valence-electron chi connectivity index (χ2n) is 6.87. The van der Waals surface area contributed by atoms with E-state index in [1.807, 2.05) is 12.1 Å². The fourth-order valence-electron chi connectivity index (χ4n) is 3.33. The number of aliphatic imine (C=N–C) groups is 1. The number of fused-ring (bicyclic) bond motifs is 1. The molecule has 27 heavy (non-hydrogen) atoms. The summed E-state index contributed by atoms with van der Waals surface area (Å²) in [5.74, 6) is 0.283. The Morgan fingerprint density at radius 3 is 2.63 bits per heavy atom. The van der Waals surface area contributed by atoms with E-state index in [0.29, 0.717) is 5.56 Å². The highest BCUT2D eigenvalue weighted by molar-refractivity contribution is 7.89. The zero-order chi connectivity index (χ0) is 19.4. The van der Waals surface area contributed by atoms with Gasteiger partial charge >= 0.3 is 0 Å². The number of aryl methyl sites for hydroxylation is 1. The maximum Gasteiger partial charge on any atom is 0.242 e. The second-order valence-corrected chi connectivity index (χ2v) is 8.99. The maximum atomic E-state index is 12.5. The monoisotopic (exact) mass is 386 g/mol. The molecule has 0 aromatic heterocycles. The lowest BCUT2D eigenvalue weighted by Crippen LogP contribution is -2.25. The van der Waals surface area contributed by atoms with Gasteiger partial charge in [-0.1, -0.05) is 30.3 Å². The Bertz CT molecular complexity index is 952. The number of anilines is 1. The van der Waals surface area contributed by atoms with Crippen molar-refractivity contribution in [1.82, 2.24) is 4.31 Å². The highest BCUT2D eigenvalue weighted by Crippen LogP contribution is 2.27. The van der Waals surface area contributed by atoms with Crippen molar-refractivity contribution >= 4 is 21.7 Å². The zero-order valence-electron chi connectivity index (χ0n) is 15.8. The second kappa shape index (κ2) is 8.10. The van der Waals surface area contributed by atoms with Gasteiger partial charge in [-0.25, -0.2) is 17.7 Å². The van der Waals surface area contributed by atoms with Crippen LogP contribution < -0.4 is 11.1 Å². The van der Waals surface area contributed by atoms with E-state index in [1.165, 1.54) is 42.4 Å². The molecule has 1 aliphatic rings. The summed E-state index contributed by atoms with van der Waals surface area (Å²) in [4.78, 5) is 4.63. The van der Waals surface area contributed by atoms with Gasteiger partial charge in [-0.2, -0.15) is 0 Å². The standard InChI is InChI=1S/C20H26N4O2S/c1-24(2)27(25,26)19-13-6-4-9-16(19)14-22-20(21)23-18-12-7-10-15-8-3-5-11-17(15)18/h4,6-7,9-10,12-13H,3,5,8,11,14H2,1-2H3,(H3,21,22,23). The Morgan fingerprint density at radius 2 is 1.85 bits per heavy atom. The topological polar surface area (TPSA) is 87.8 Å². The number of hydrogen-bond donors (Lipinski definition) is 2. The highest BCUT2D eigenvalue weighted by Gasteiger charge is 2.20. The molecular formula is C20H26N4O2S. The number of rotatable bonds is 5. The summed E-state index contributed by atoms with van der Waals surface area (Å²) in [5, 5.41) is 3.19. The molecule has 0 unspecified atom stereocenters. The van der Waals surface area contributed by atoms with Gasteiger partial charge in [0, 0.05) is 19.8 Å². The maximum absolute atomic E-state index is 12.5. The molecule has 144 valence electrons. The number of nitrogens with one attached hydrogen (secondary N) is 1. The molecule has 3 rings (SSSR count). The smallest absolute Gasteiger partial charge is 0.242 e. The molecule has 0 heterocycles. The largest absolute Gasteiger partial charge is 0.370 e. The molecule has 0 saturated heterocycles. The lowest BCUT2D eigenvalue weighted by Gasteiger charge is -2.20. The third-order valence-electron chi connectivity index (χ3n) is 4.81. The van der Waals surface area contributed by atoms with E-state index >= 15 is 0 Å². The van der Waals surface area contributed by atoms with E-state index in [-0.39, 0.29) is 17.4 Å². The summed E-state index contributed by atoms with van der Waals surface area (Å²) in [7, 11) is -0.488. The van der Waals surface area contributed by atoms with Gasteiger partial charge in [0.2, 0.25) is 10.0 Å². The van der Waals surface area contributed by atoms with Crippen LogP contribution >= 0.6 is 0 Å². The van der Waals surface area contributed by atoms with Crippen molar-refractivity contribution in [3.63, 3.8) is 0 Å². The third kappa shape index (κ3) is 4.31. The van der Waals surface area contributed by atoms with Crippen molar-refractivity contribution in [2.45, 2.75) is 37.1 Å². The molecule has 0 bridgehead atoms. The van der Waals surface area contributed by atoms with Gasteiger partial charge in [0.05, 0.1) is 11.4 Å². The van der Waals surface area contributed by atoms with Crippen LogP contribution in [0.2, 0.25) is 0 Å². The van der Waals surface area contributed by atoms with Crippen LogP contribution in [0.4, 0.5) is 5.69 Å². The average Bonchev–Trinajstić information content (AvgIpc) is 2.67. The van der Waals surface area contributed by atoms with Crippen LogP contribution in [-0.2, 0) is 29.4 Å². The van der Waals surface area contributed by atoms with Crippen LogP contribution in [0.5, 0.6) is 0 Å². The minimum absolute atomic E-state index is 0.192. The van der Waals surface area contributed by atoms with Gasteiger partial charge in [0.1, 0.15) is 0 Å². The van der Waals surface area contributed by atoms with E-state index in [0.717, 1.165) is 18.5 Å². The van der Waals surface area contributed by atoms with Crippen LogP contribution in [0.1, 0.15) is 29.5 Å². The normalized spacial score (nSPS) is 14.9. The van der Waals surface area contributed by atoms with Gasteiger partial charge in [0.25, 0.3) is 0 Å². The van der Waals surface area contributed by atoms with Gasteiger partial charge in [0.15, 0.2) is 5.96 Å². The summed E-state index contributed by atoms with van der Waals surface area (Å²) in [5.41, 5.74) is 10.4. The number of guanidine groups is 1. The number of benzene rings is 2. The van der Waals surface area contributed by atoms with Crippen molar-refractivity contribution in [2.75, 3.05) is 19.4 Å². The molecule has 0 saturated carbocycles. The molecule has 3 N–H and O–H groups in total. The quantitative estimate of drug-likeness (QED) is 0.611. The predicted octanol–water partition coefficient (Wildman–Crippen LogP) is 2.74. The Kier molecular flexibility index (Phi) is 5.82. The molecule has 7 heteroatoms. The van der Waals surface area contributed by atoms with E-state index in [9.17, 15) is 8.42 Å². The molecule has 0 spiro atoms. The first-order chi connectivity index (χ1) is 12.9. The lowest BCUT2D eigenvalue weighted by atomic mass is 9.90. The molecule has 1 aliphatic carbocycles. The van der Waals surface area contributed by atoms with Crippen LogP contribution in [0.15, 0.2) is 52.4 Å². The van der Waals surface area contributed by atoms with Crippen molar-refractivity contribution < 1.29 is 8.42 Å². The minimum atomic E-state index is -3.52. The number of sulfonamides is 1. The minimum Gasteiger partial charge on any atom is -0.370 e. The lowest BCUT2D eigenvalue weighted by molar-refractivity contribution is 0.519. The molecule has 0 aliphatic heterocycles. The van der Waals surface area contributed by atoms with Gasteiger partial charge in [-0.3, -0.25) is 0 Å². The summed E-state index contributed by atoms with van der Waals surface area (Å²) in [6.45, 7) is 0.192. The fraction of sp³-hybridized carbons (Fsp3) is 0.350. The molecule has 0 radical (unpaired) electrons. The first kappa shape index (κ1) is 19.4. The van der Waals surface area contributed by atoms with E-state index in [1.54, 1.807) is 24.3 Å². The SMILES string of the molecule is CN(C)S(=O)(=O)c1ccccc1CN=C(N)Nc1cccc2c1CCCC2. The van der Waals surface area contributed by atoms with Crippen molar-refractivity contribution in [1.29, 1.82) is 0 Å². The van der Waals surface area contributed by atoms with Crippen molar-refractivity contribution in [3.05, 3.63) is 59.2 Å². The molecular weight excluding hydrogens is 360 g/mol. The average molecular weight is 387 g/mol. The molecule has 2 aromatic rings. The van der Waals surface area contributed by atoms with Crippen LogP contribution in [0.25, 0.3) is 0 Å². The number of hydrogen-bond acceptors (Lipinski definition) is 3. The summed E-state index contributed by atoms with van der Waals surface area (Å²) >= 11 is 0. The zero-order valence-corrected chi connectivity index (χ0v) is 16.6. The van der Waals surface area contributed by atoms with Gasteiger partial charge in [-0.15, -0.1) is 0 Å². The van der Waals surface area contributed by atoms with Crippen LogP contribution in [-0.4, -0.2) is 32.8 Å². The Hall–Kier alpha value is -2.38. The van der Waals surface area contributed by atoms with E-state index in [4.69, 9.17) is 5.73 Å². The summed E-state index contributed by atoms with van der Waals surface area (Å²) in [6, 6.07) is 13.1. The van der Waals surface area contributed by atoms with Crippen LogP contribution in [0, 0.1) is 0 Å².